The third kappa shape index (κ3) is 4.60. The molecule has 0 saturated carbocycles. The van der Waals surface area contributed by atoms with Gasteiger partial charge >= 0.3 is 6.01 Å². The van der Waals surface area contributed by atoms with Crippen LogP contribution >= 0.6 is 11.3 Å². The predicted molar refractivity (Wildman–Crippen MR) is 153 cm³/mol. The van der Waals surface area contributed by atoms with E-state index in [-0.39, 0.29) is 23.7 Å². The SMILES string of the molecule is C[C@@H]1Cc2cncc(F)c2CN1c1nc(OC[C@@H]2CCCN2C)nc2c[n+](-c3ccc(F)c4sc(N)nc34)ccc12. The van der Waals surface area contributed by atoms with Gasteiger partial charge in [-0.1, -0.05) is 11.3 Å². The third-order valence-electron chi connectivity index (χ3n) is 8.19. The van der Waals surface area contributed by atoms with Gasteiger partial charge in [0, 0.05) is 42.5 Å². The number of benzene rings is 1. The number of ether oxygens (including phenoxy) is 1. The lowest BCUT2D eigenvalue weighted by atomic mass is 9.96. The molecular weight excluding hydrogens is 546 g/mol. The van der Waals surface area contributed by atoms with E-state index in [9.17, 15) is 8.78 Å². The summed E-state index contributed by atoms with van der Waals surface area (Å²) in [5.41, 5.74) is 9.27. The van der Waals surface area contributed by atoms with Gasteiger partial charge in [-0.25, -0.2) is 13.8 Å². The third-order valence-corrected chi connectivity index (χ3v) is 9.08. The first kappa shape index (κ1) is 25.9. The molecule has 1 fully saturated rings. The summed E-state index contributed by atoms with van der Waals surface area (Å²) >= 11 is 1.12. The van der Waals surface area contributed by atoms with Crippen molar-refractivity contribution in [1.82, 2.24) is 24.8 Å². The zero-order chi connectivity index (χ0) is 28.2. The normalized spacial score (nSPS) is 19.3. The van der Waals surface area contributed by atoms with Crippen molar-refractivity contribution < 1.29 is 18.1 Å². The van der Waals surface area contributed by atoms with Crippen molar-refractivity contribution in [1.29, 1.82) is 0 Å². The summed E-state index contributed by atoms with van der Waals surface area (Å²) in [6.45, 7) is 3.97. The molecule has 0 unspecified atom stereocenters. The van der Waals surface area contributed by atoms with Crippen molar-refractivity contribution in [3.8, 4) is 11.7 Å². The average Bonchev–Trinajstić information content (AvgIpc) is 3.56. The maximum Gasteiger partial charge on any atom is 0.319 e. The number of thiazole rings is 1. The van der Waals surface area contributed by atoms with E-state index in [2.05, 4.69) is 33.7 Å². The predicted octanol–water partition coefficient (Wildman–Crippen LogP) is 4.20. The van der Waals surface area contributed by atoms with Gasteiger partial charge in [-0.3, -0.25) is 4.98 Å². The molecule has 12 heteroatoms. The van der Waals surface area contributed by atoms with Gasteiger partial charge in [-0.05, 0) is 51.4 Å². The fraction of sp³-hybridized carbons (Fsp3) is 0.345. The lowest BCUT2D eigenvalue weighted by molar-refractivity contribution is -0.592. The summed E-state index contributed by atoms with van der Waals surface area (Å²) in [6, 6.07) is 5.62. The zero-order valence-electron chi connectivity index (χ0n) is 22.7. The Hall–Kier alpha value is -4.03. The summed E-state index contributed by atoms with van der Waals surface area (Å²) in [4.78, 5) is 22.5. The number of hydrogen-bond acceptors (Lipinski definition) is 9. The van der Waals surface area contributed by atoms with Gasteiger partial charge in [0.2, 0.25) is 11.9 Å². The Morgan fingerprint density at radius 1 is 1.15 bits per heavy atom. The molecule has 9 nitrogen and oxygen atoms in total. The van der Waals surface area contributed by atoms with Crippen LogP contribution in [0.1, 0.15) is 30.9 Å². The molecule has 6 heterocycles. The standard InChI is InChI=1S/C29H29F2N8OS/c1-16-10-17-11-33-12-22(31)20(17)13-39(16)27-19-7-9-38(24-6-5-21(30)26-25(24)35-28(32)41-26)14-23(19)34-29(36-27)40-15-18-4-3-8-37(18)2/h5-7,9,11-12,14,16,18H,3-4,8,10,13,15H2,1-2H3,(H2,32,35)/q+1/t16-,18+/m1/s1. The fourth-order valence-electron chi connectivity index (χ4n) is 5.92. The number of likely N-dealkylation sites (tertiary alicyclic amines) is 1. The number of aromatic nitrogens is 5. The largest absolute Gasteiger partial charge is 0.462 e. The molecule has 7 rings (SSSR count). The molecule has 1 aromatic carbocycles. The second-order valence-electron chi connectivity index (χ2n) is 10.8. The molecule has 2 atom stereocenters. The molecule has 1 saturated heterocycles. The lowest BCUT2D eigenvalue weighted by Crippen LogP contribution is -2.40. The molecule has 5 aromatic rings. The number of rotatable bonds is 5. The molecule has 0 aliphatic carbocycles. The first-order valence-corrected chi connectivity index (χ1v) is 14.5. The first-order chi connectivity index (χ1) is 19.9. The summed E-state index contributed by atoms with van der Waals surface area (Å²) in [5, 5.41) is 1.10. The van der Waals surface area contributed by atoms with Crippen molar-refractivity contribution in [3.05, 3.63) is 65.7 Å². The number of nitrogens with zero attached hydrogens (tertiary/aromatic N) is 7. The van der Waals surface area contributed by atoms with Gasteiger partial charge in [0.25, 0.3) is 0 Å². The summed E-state index contributed by atoms with van der Waals surface area (Å²) in [6.07, 6.45) is 9.57. The van der Waals surface area contributed by atoms with Crippen LogP contribution < -0.4 is 19.9 Å². The Bertz CT molecular complexity index is 1800. The molecular formula is C29H29F2N8OS+. The minimum Gasteiger partial charge on any atom is -0.462 e. The number of nitrogens with two attached hydrogens (primary N) is 1. The molecule has 2 aliphatic heterocycles. The Morgan fingerprint density at radius 2 is 2.02 bits per heavy atom. The highest BCUT2D eigenvalue weighted by Gasteiger charge is 2.30. The van der Waals surface area contributed by atoms with Crippen LogP contribution in [0.15, 0.2) is 43.0 Å². The highest BCUT2D eigenvalue weighted by molar-refractivity contribution is 7.22. The average molecular weight is 576 g/mol. The Labute approximate surface area is 239 Å². The van der Waals surface area contributed by atoms with E-state index in [1.165, 1.54) is 12.3 Å². The van der Waals surface area contributed by atoms with Crippen LogP contribution in [0.3, 0.4) is 0 Å². The zero-order valence-corrected chi connectivity index (χ0v) is 23.5. The molecule has 2 N–H and O–H groups in total. The lowest BCUT2D eigenvalue weighted by Gasteiger charge is -2.36. The summed E-state index contributed by atoms with van der Waals surface area (Å²) in [7, 11) is 2.10. The van der Waals surface area contributed by atoms with Crippen molar-refractivity contribution in [2.45, 2.75) is 44.8 Å². The second kappa shape index (κ2) is 10.1. The minimum absolute atomic E-state index is 0.0417. The molecule has 0 amide bonds. The van der Waals surface area contributed by atoms with E-state index in [4.69, 9.17) is 20.4 Å². The van der Waals surface area contributed by atoms with E-state index >= 15 is 0 Å². The molecule has 210 valence electrons. The number of likely N-dealkylation sites (N-methyl/N-ethyl adjacent to an activating group) is 1. The Balaban J connectivity index is 1.34. The Morgan fingerprint density at radius 3 is 2.85 bits per heavy atom. The quantitative estimate of drug-likeness (QED) is 0.312. The molecule has 4 aromatic heterocycles. The van der Waals surface area contributed by atoms with Gasteiger partial charge in [0.1, 0.15) is 29.6 Å². The van der Waals surface area contributed by atoms with Crippen LogP contribution in [0.4, 0.5) is 19.7 Å². The number of halogens is 2. The van der Waals surface area contributed by atoms with Gasteiger partial charge in [-0.15, -0.1) is 0 Å². The number of anilines is 2. The second-order valence-corrected chi connectivity index (χ2v) is 11.8. The van der Waals surface area contributed by atoms with Gasteiger partial charge in [-0.2, -0.15) is 14.5 Å². The highest BCUT2D eigenvalue weighted by Crippen LogP contribution is 2.34. The maximum absolute atomic E-state index is 14.8. The topological polar surface area (TPSA) is 97.2 Å². The van der Waals surface area contributed by atoms with Crippen molar-refractivity contribution in [2.75, 3.05) is 30.8 Å². The summed E-state index contributed by atoms with van der Waals surface area (Å²) < 4.78 is 37.8. The van der Waals surface area contributed by atoms with Crippen LogP contribution in [0.5, 0.6) is 6.01 Å². The van der Waals surface area contributed by atoms with Crippen LogP contribution in [0.25, 0.3) is 26.8 Å². The maximum atomic E-state index is 14.8. The number of fused-ring (bicyclic) bond motifs is 3. The molecule has 0 spiro atoms. The fourth-order valence-corrected chi connectivity index (χ4v) is 6.67. The van der Waals surface area contributed by atoms with E-state index in [1.807, 2.05) is 23.0 Å². The molecule has 41 heavy (non-hydrogen) atoms. The minimum atomic E-state index is -0.363. The monoisotopic (exact) mass is 575 g/mol. The first-order valence-electron chi connectivity index (χ1n) is 13.6. The van der Waals surface area contributed by atoms with E-state index in [0.29, 0.717) is 63.5 Å². The van der Waals surface area contributed by atoms with Gasteiger partial charge in [0.15, 0.2) is 16.8 Å². The van der Waals surface area contributed by atoms with Crippen molar-refractivity contribution in [3.63, 3.8) is 0 Å². The Kier molecular flexibility index (Phi) is 6.39. The number of hydrogen-bond donors (Lipinski definition) is 1. The van der Waals surface area contributed by atoms with E-state index in [0.717, 1.165) is 41.7 Å². The molecule has 0 radical (unpaired) electrons. The molecule has 0 bridgehead atoms. The smallest absolute Gasteiger partial charge is 0.319 e. The van der Waals surface area contributed by atoms with Gasteiger partial charge < -0.3 is 20.3 Å². The van der Waals surface area contributed by atoms with Crippen LogP contribution in [-0.4, -0.2) is 57.1 Å². The highest BCUT2D eigenvalue weighted by atomic mass is 32.1. The van der Waals surface area contributed by atoms with Gasteiger partial charge in [0.05, 0.1) is 16.3 Å². The number of nitrogen functional groups attached to an aromatic ring is 1. The van der Waals surface area contributed by atoms with Crippen molar-refractivity contribution >= 4 is 43.4 Å². The summed E-state index contributed by atoms with van der Waals surface area (Å²) in [5.74, 6) is -0.00836. The van der Waals surface area contributed by atoms with E-state index < -0.39 is 0 Å². The van der Waals surface area contributed by atoms with Crippen LogP contribution in [0.2, 0.25) is 0 Å². The van der Waals surface area contributed by atoms with Crippen LogP contribution in [0, 0.1) is 11.6 Å². The van der Waals surface area contributed by atoms with Crippen molar-refractivity contribution in [2.24, 2.45) is 0 Å². The van der Waals surface area contributed by atoms with Crippen LogP contribution in [-0.2, 0) is 13.0 Å². The van der Waals surface area contributed by atoms with E-state index in [1.54, 1.807) is 12.3 Å². The number of pyridine rings is 2. The molecule has 2 aliphatic rings.